The maximum absolute atomic E-state index is 14.4. The third kappa shape index (κ3) is 4.65. The lowest BCUT2D eigenvalue weighted by Gasteiger charge is -2.37. The summed E-state index contributed by atoms with van der Waals surface area (Å²) in [7, 11) is 3.19. The fourth-order valence-corrected chi connectivity index (χ4v) is 5.11. The molecule has 3 unspecified atom stereocenters. The van der Waals surface area contributed by atoms with E-state index in [1.807, 2.05) is 6.07 Å². The third-order valence-electron chi connectivity index (χ3n) is 6.39. The number of nitrogens with zero attached hydrogens (tertiary/aromatic N) is 1. The summed E-state index contributed by atoms with van der Waals surface area (Å²) in [5, 5.41) is 0.631. The molecule has 2 aliphatic rings. The van der Waals surface area contributed by atoms with Gasteiger partial charge in [-0.05, 0) is 49.1 Å². The molecule has 0 saturated carbocycles. The topological polar surface area (TPSA) is 45.8 Å². The van der Waals surface area contributed by atoms with Gasteiger partial charge in [0, 0.05) is 48.2 Å². The Hall–Kier alpha value is -1.93. The number of hydrogen-bond donors (Lipinski definition) is 2. The zero-order chi connectivity index (χ0) is 22.0. The lowest BCUT2D eigenvalue weighted by molar-refractivity contribution is 0.139. The van der Waals surface area contributed by atoms with Crippen LogP contribution in [0.1, 0.15) is 29.9 Å². The fraction of sp³-hybridized carbons (Fsp3) is 0.478. The van der Waals surface area contributed by atoms with Crippen LogP contribution in [-0.4, -0.2) is 44.8 Å². The number of halogens is 3. The number of rotatable bonds is 6. The van der Waals surface area contributed by atoms with Gasteiger partial charge < -0.3 is 9.47 Å². The summed E-state index contributed by atoms with van der Waals surface area (Å²) in [4.78, 5) is 2.34. The molecule has 8 heteroatoms. The maximum atomic E-state index is 14.4. The molecule has 0 aromatic heterocycles. The number of methoxy groups -OCH3 is 2. The van der Waals surface area contributed by atoms with Gasteiger partial charge in [0.05, 0.1) is 14.2 Å². The van der Waals surface area contributed by atoms with Crippen molar-refractivity contribution >= 4 is 11.6 Å². The van der Waals surface area contributed by atoms with Crippen molar-refractivity contribution in [2.75, 3.05) is 33.9 Å². The van der Waals surface area contributed by atoms with Crippen molar-refractivity contribution in [2.45, 2.75) is 31.3 Å². The van der Waals surface area contributed by atoms with Crippen molar-refractivity contribution in [1.82, 2.24) is 15.8 Å². The van der Waals surface area contributed by atoms with Crippen molar-refractivity contribution < 1.29 is 18.3 Å². The highest BCUT2D eigenvalue weighted by Crippen LogP contribution is 2.36. The summed E-state index contributed by atoms with van der Waals surface area (Å²) in [6, 6.07) is 7.72. The molecule has 2 aromatic rings. The van der Waals surface area contributed by atoms with E-state index in [9.17, 15) is 8.78 Å². The number of ether oxygens (including phenoxy) is 2. The Labute approximate surface area is 186 Å². The summed E-state index contributed by atoms with van der Waals surface area (Å²) in [5.41, 5.74) is 7.54. The van der Waals surface area contributed by atoms with Crippen LogP contribution < -0.4 is 20.3 Å². The molecule has 4 rings (SSSR count). The molecule has 2 N–H and O–H groups in total. The summed E-state index contributed by atoms with van der Waals surface area (Å²) < 4.78 is 39.6. The van der Waals surface area contributed by atoms with Gasteiger partial charge in [-0.2, -0.15) is 0 Å². The fourth-order valence-electron chi connectivity index (χ4n) is 4.89. The highest BCUT2D eigenvalue weighted by atomic mass is 35.5. The van der Waals surface area contributed by atoms with Gasteiger partial charge in [-0.3, -0.25) is 15.8 Å². The van der Waals surface area contributed by atoms with Crippen LogP contribution in [0.2, 0.25) is 5.02 Å². The molecule has 168 valence electrons. The first-order valence-corrected chi connectivity index (χ1v) is 10.9. The van der Waals surface area contributed by atoms with Gasteiger partial charge in [0.15, 0.2) is 11.5 Å². The molecule has 2 aromatic carbocycles. The van der Waals surface area contributed by atoms with Crippen LogP contribution in [0, 0.1) is 17.6 Å². The normalized spacial score (nSPS) is 24.4. The zero-order valence-corrected chi connectivity index (χ0v) is 18.5. The molecular formula is C23H28ClF2N3O2. The van der Waals surface area contributed by atoms with Crippen molar-refractivity contribution in [3.8, 4) is 11.5 Å². The Kier molecular flexibility index (Phi) is 6.96. The number of benzene rings is 2. The van der Waals surface area contributed by atoms with Crippen molar-refractivity contribution in [3.05, 3.63) is 58.1 Å². The lowest BCUT2D eigenvalue weighted by atomic mass is 9.80. The van der Waals surface area contributed by atoms with Crippen LogP contribution >= 0.6 is 11.6 Å². The average molecular weight is 452 g/mol. The van der Waals surface area contributed by atoms with E-state index in [1.54, 1.807) is 20.3 Å². The monoisotopic (exact) mass is 451 g/mol. The average Bonchev–Trinajstić information content (AvgIpc) is 3.24. The minimum atomic E-state index is -0.481. The number of nitrogens with one attached hydrogen (secondary N) is 2. The molecule has 0 bridgehead atoms. The van der Waals surface area contributed by atoms with Gasteiger partial charge in [0.25, 0.3) is 0 Å². The van der Waals surface area contributed by atoms with Crippen molar-refractivity contribution in [1.29, 1.82) is 0 Å². The van der Waals surface area contributed by atoms with Crippen molar-refractivity contribution in [2.24, 2.45) is 5.92 Å². The molecule has 31 heavy (non-hydrogen) atoms. The number of piperidine rings is 1. The van der Waals surface area contributed by atoms with Crippen molar-refractivity contribution in [3.63, 3.8) is 0 Å². The molecule has 2 fully saturated rings. The van der Waals surface area contributed by atoms with Crippen LogP contribution in [0.3, 0.4) is 0 Å². The van der Waals surface area contributed by atoms with E-state index < -0.39 is 11.6 Å². The van der Waals surface area contributed by atoms with E-state index in [0.717, 1.165) is 31.5 Å². The number of likely N-dealkylation sites (tertiary alicyclic amines) is 1. The first-order chi connectivity index (χ1) is 15.0. The van der Waals surface area contributed by atoms with Crippen LogP contribution in [0.4, 0.5) is 8.78 Å². The predicted molar refractivity (Wildman–Crippen MR) is 117 cm³/mol. The van der Waals surface area contributed by atoms with Crippen LogP contribution in [0.25, 0.3) is 0 Å². The Morgan fingerprint density at radius 3 is 2.55 bits per heavy atom. The third-order valence-corrected chi connectivity index (χ3v) is 6.74. The zero-order valence-electron chi connectivity index (χ0n) is 17.8. The lowest BCUT2D eigenvalue weighted by Crippen LogP contribution is -2.46. The predicted octanol–water partition coefficient (Wildman–Crippen LogP) is 4.11. The molecule has 0 aliphatic carbocycles. The Morgan fingerprint density at radius 1 is 1.13 bits per heavy atom. The van der Waals surface area contributed by atoms with Crippen LogP contribution in [0.15, 0.2) is 30.3 Å². The molecule has 0 radical (unpaired) electrons. The molecular weight excluding hydrogens is 424 g/mol. The van der Waals surface area contributed by atoms with Gasteiger partial charge in [-0.15, -0.1) is 0 Å². The van der Waals surface area contributed by atoms with E-state index in [2.05, 4.69) is 15.8 Å². The largest absolute Gasteiger partial charge is 0.493 e. The first kappa shape index (κ1) is 22.3. The standard InChI is InChI=1S/C23H28ClF2N3O2/c1-30-20-9-15(17(24)10-21(20)31-2)13-29-8-4-5-14(12-29)23-16(11-27-28-23)22-18(25)6-3-7-19(22)26/h3,6-7,9-10,14,16,23,27-28H,4-5,8,11-13H2,1-2H3. The molecule has 2 heterocycles. The quantitative estimate of drug-likeness (QED) is 0.692. The number of hydrogen-bond acceptors (Lipinski definition) is 5. The SMILES string of the molecule is COc1cc(Cl)c(CN2CCCC(C3NNCC3c3c(F)cccc3F)C2)cc1OC. The second-order valence-electron chi connectivity index (χ2n) is 8.23. The summed E-state index contributed by atoms with van der Waals surface area (Å²) in [6.07, 6.45) is 2.02. The minimum absolute atomic E-state index is 0.0462. The highest BCUT2D eigenvalue weighted by Gasteiger charge is 2.39. The summed E-state index contributed by atoms with van der Waals surface area (Å²) in [5.74, 6) is 0.286. The van der Waals surface area contributed by atoms with Crippen LogP contribution in [-0.2, 0) is 6.54 Å². The number of hydrazine groups is 1. The van der Waals surface area contributed by atoms with Crippen LogP contribution in [0.5, 0.6) is 11.5 Å². The second kappa shape index (κ2) is 9.69. The van der Waals surface area contributed by atoms with E-state index >= 15 is 0 Å². The van der Waals surface area contributed by atoms with Gasteiger partial charge in [0.2, 0.25) is 0 Å². The van der Waals surface area contributed by atoms with E-state index in [4.69, 9.17) is 21.1 Å². The van der Waals surface area contributed by atoms with Gasteiger partial charge in [0.1, 0.15) is 11.6 Å². The Balaban J connectivity index is 1.50. The minimum Gasteiger partial charge on any atom is -0.493 e. The molecule has 0 amide bonds. The molecule has 5 nitrogen and oxygen atoms in total. The second-order valence-corrected chi connectivity index (χ2v) is 8.64. The smallest absolute Gasteiger partial charge is 0.162 e. The Morgan fingerprint density at radius 2 is 1.84 bits per heavy atom. The Bertz CT molecular complexity index is 910. The molecule has 0 spiro atoms. The summed E-state index contributed by atoms with van der Waals surface area (Å²) >= 11 is 6.49. The molecule has 2 saturated heterocycles. The van der Waals surface area contributed by atoms with E-state index in [0.29, 0.717) is 29.6 Å². The van der Waals surface area contributed by atoms with Gasteiger partial charge >= 0.3 is 0 Å². The first-order valence-electron chi connectivity index (χ1n) is 10.6. The maximum Gasteiger partial charge on any atom is 0.162 e. The van der Waals surface area contributed by atoms with Gasteiger partial charge in [-0.1, -0.05) is 17.7 Å². The molecule has 2 aliphatic heterocycles. The highest BCUT2D eigenvalue weighted by molar-refractivity contribution is 6.31. The summed E-state index contributed by atoms with van der Waals surface area (Å²) in [6.45, 7) is 2.94. The van der Waals surface area contributed by atoms with E-state index in [1.165, 1.54) is 18.2 Å². The van der Waals surface area contributed by atoms with E-state index in [-0.39, 0.29) is 23.4 Å². The van der Waals surface area contributed by atoms with Gasteiger partial charge in [-0.25, -0.2) is 8.78 Å². The molecule has 3 atom stereocenters.